The third-order valence-corrected chi connectivity index (χ3v) is 19.0. The van der Waals surface area contributed by atoms with E-state index < -0.39 is 11.8 Å². The minimum atomic E-state index is -0.584. The molecule has 0 fully saturated rings. The van der Waals surface area contributed by atoms with Crippen molar-refractivity contribution in [3.8, 4) is 11.5 Å². The number of hydrogen-bond acceptors (Lipinski definition) is 12. The van der Waals surface area contributed by atoms with Crippen LogP contribution in [-0.4, -0.2) is 66.5 Å². The van der Waals surface area contributed by atoms with E-state index in [4.69, 9.17) is 51.9 Å². The lowest BCUT2D eigenvalue weighted by Gasteiger charge is -2.11. The number of rotatable bonds is 15. The van der Waals surface area contributed by atoms with E-state index in [0.29, 0.717) is 89.8 Å². The average Bonchev–Trinajstić information content (AvgIpc) is 1.29. The van der Waals surface area contributed by atoms with Gasteiger partial charge in [0.15, 0.2) is 14.3 Å². The summed E-state index contributed by atoms with van der Waals surface area (Å²) in [6.07, 6.45) is 6.63. The van der Waals surface area contributed by atoms with Crippen molar-refractivity contribution in [3.63, 3.8) is 0 Å². The Morgan fingerprint density at radius 3 is 1.17 bits per heavy atom. The van der Waals surface area contributed by atoms with Gasteiger partial charge in [0.2, 0.25) is 5.91 Å². The molecule has 8 N–H and O–H groups in total. The van der Waals surface area contributed by atoms with Gasteiger partial charge in [0.05, 0.1) is 66.6 Å². The summed E-state index contributed by atoms with van der Waals surface area (Å²) in [7, 11) is 3.20. The van der Waals surface area contributed by atoms with Gasteiger partial charge < -0.3 is 46.1 Å². The number of nitrogens with one attached hydrogen (secondary N) is 6. The predicted octanol–water partition coefficient (Wildman–Crippen LogP) is 14.2. The normalized spacial score (nSPS) is 12.0. The fourth-order valence-corrected chi connectivity index (χ4v) is 13.1. The smallest absolute Gasteiger partial charge is 0.262 e. The number of aromatic amines is 3. The van der Waals surface area contributed by atoms with Crippen molar-refractivity contribution in [2.24, 2.45) is 5.73 Å². The first-order valence-corrected chi connectivity index (χ1v) is 33.7. The van der Waals surface area contributed by atoms with Crippen LogP contribution in [0.5, 0.6) is 11.5 Å². The van der Waals surface area contributed by atoms with Crippen molar-refractivity contribution < 1.29 is 28.7 Å². The highest BCUT2D eigenvalue weighted by Gasteiger charge is 2.19. The van der Waals surface area contributed by atoms with E-state index in [2.05, 4.69) is 65.0 Å². The number of aromatic nitrogens is 6. The number of benzene rings is 9. The first-order valence-electron chi connectivity index (χ1n) is 31.7. The SMILES string of the molecule is COc1ccc(Cn2c(=S)[nH]c3cc(C(=O)Nc4cc(C(N)=O)ccc4C)ccc3c2=O)cc1.COc1ccc(Cn2c(=S)[nH]c3cc(C(=O)Nc4ccc5c(c4)CCC5)ccc3c2=O)cc1.O=C(Nc1ccc2c(c1)CCC2)c1ccc2c(=O)n(Cc3ccc(Br)cc3)c(=S)[nH]c2c1. The second kappa shape index (κ2) is 29.8. The average molecular weight is 1440 g/mol. The van der Waals surface area contributed by atoms with Crippen LogP contribution in [-0.2, 0) is 45.3 Å². The number of halogens is 1. The number of methoxy groups -OCH3 is 2. The van der Waals surface area contributed by atoms with E-state index in [9.17, 15) is 33.6 Å². The van der Waals surface area contributed by atoms with Crippen molar-refractivity contribution in [3.05, 3.63) is 299 Å². The zero-order valence-electron chi connectivity index (χ0n) is 53.9. The minimum absolute atomic E-state index is 0.183. The number of carbonyl (C=O) groups is 4. The highest BCUT2D eigenvalue weighted by molar-refractivity contribution is 9.10. The van der Waals surface area contributed by atoms with E-state index in [0.717, 1.165) is 88.1 Å². The number of anilines is 3. The van der Waals surface area contributed by atoms with E-state index in [-0.39, 0.29) is 33.3 Å². The summed E-state index contributed by atoms with van der Waals surface area (Å²) in [4.78, 5) is 98.5. The molecule has 19 nitrogen and oxygen atoms in total. The molecule has 0 unspecified atom stereocenters. The summed E-state index contributed by atoms with van der Waals surface area (Å²) >= 11 is 19.7. The summed E-state index contributed by atoms with van der Waals surface area (Å²) in [6.45, 7) is 2.82. The second-order valence-corrected chi connectivity index (χ2v) is 26.1. The zero-order chi connectivity index (χ0) is 69.6. The Hall–Kier alpha value is -11.0. The van der Waals surface area contributed by atoms with Gasteiger partial charge in [-0.1, -0.05) is 70.5 Å². The fraction of sp³-hybridized carbons (Fsp3) is 0.158. The Labute approximate surface area is 590 Å². The predicted molar refractivity (Wildman–Crippen MR) is 398 cm³/mol. The zero-order valence-corrected chi connectivity index (χ0v) is 57.9. The molecule has 2 aliphatic carbocycles. The summed E-state index contributed by atoms with van der Waals surface area (Å²) in [6, 6.07) is 54.4. The molecule has 4 amide bonds. The van der Waals surface area contributed by atoms with Gasteiger partial charge in [-0.15, -0.1) is 0 Å². The summed E-state index contributed by atoms with van der Waals surface area (Å²) in [5.41, 5.74) is 18.7. The molecular formula is C76H65BrN10O9S3. The lowest BCUT2D eigenvalue weighted by Crippen LogP contribution is -2.23. The highest BCUT2D eigenvalue weighted by atomic mass is 79.9. The lowest BCUT2D eigenvalue weighted by atomic mass is 10.1. The van der Waals surface area contributed by atoms with E-state index in [1.54, 1.807) is 80.9 Å². The summed E-state index contributed by atoms with van der Waals surface area (Å²) < 4.78 is 16.7. The number of ether oxygens (including phenoxy) is 2. The van der Waals surface area contributed by atoms with Crippen molar-refractivity contribution in [2.75, 3.05) is 30.2 Å². The highest BCUT2D eigenvalue weighted by Crippen LogP contribution is 2.28. The molecule has 0 saturated carbocycles. The van der Waals surface area contributed by atoms with Gasteiger partial charge in [0, 0.05) is 43.8 Å². The monoisotopic (exact) mass is 1440 g/mol. The number of hydrogen-bond donors (Lipinski definition) is 7. The van der Waals surface area contributed by atoms with E-state index in [1.165, 1.54) is 42.0 Å². The molecule has 0 spiro atoms. The molecule has 99 heavy (non-hydrogen) atoms. The first kappa shape index (κ1) is 68.0. The number of aryl methyl sites for hydroxylation is 5. The minimum Gasteiger partial charge on any atom is -0.497 e. The van der Waals surface area contributed by atoms with Gasteiger partial charge in [-0.3, -0.25) is 47.3 Å². The molecule has 14 rings (SSSR count). The summed E-state index contributed by atoms with van der Waals surface area (Å²) in [5.74, 6) is 0.0513. The van der Waals surface area contributed by atoms with Crippen molar-refractivity contribution in [1.82, 2.24) is 28.7 Å². The largest absolute Gasteiger partial charge is 0.497 e. The molecule has 9 aromatic carbocycles. The van der Waals surface area contributed by atoms with Crippen LogP contribution in [0, 0.1) is 21.2 Å². The van der Waals surface area contributed by atoms with Crippen LogP contribution in [0.15, 0.2) is 201 Å². The van der Waals surface area contributed by atoms with Gasteiger partial charge in [-0.25, -0.2) is 0 Å². The van der Waals surface area contributed by atoms with Gasteiger partial charge in [-0.05, 0) is 254 Å². The molecule has 498 valence electrons. The van der Waals surface area contributed by atoms with Crippen LogP contribution >= 0.6 is 52.6 Å². The van der Waals surface area contributed by atoms with Crippen molar-refractivity contribution >= 4 is 126 Å². The standard InChI is InChI=1S/C26H23N3O3S.C25H20BrN3O2S.C25H22N4O4S/c1-32-21-10-5-16(6-11-21)15-29-25(31)22-12-8-19(14-23(22)28-26(29)33)24(30)27-20-9-7-17-3-2-4-18(17)13-20;26-19-8-4-15(5-9-19)14-29-24(31)21-11-7-18(13-22(21)28-25(29)32)23(30)27-20-10-6-16-2-1-3-17(16)12-20;1-14-3-6-16(22(26)30)11-20(14)27-23(31)17-7-10-19-21(12-17)28-25(34)29(24(19)32)13-15-4-8-18(33-2)9-5-15/h5-14H,2-4,15H2,1H3,(H,27,30)(H,28,33);4-13H,1-3,14H2,(H,27,30)(H,28,32);3-12H,13H2,1-2H3,(H2,26,30)(H,27,31)(H,28,34). The maximum absolute atomic E-state index is 13.1. The Morgan fingerprint density at radius 1 is 0.444 bits per heavy atom. The maximum Gasteiger partial charge on any atom is 0.262 e. The number of nitrogens with zero attached hydrogens (tertiary/aromatic N) is 3. The van der Waals surface area contributed by atoms with Gasteiger partial charge in [0.1, 0.15) is 11.5 Å². The van der Waals surface area contributed by atoms with Gasteiger partial charge in [0.25, 0.3) is 34.4 Å². The van der Waals surface area contributed by atoms with Crippen LogP contribution in [0.2, 0.25) is 0 Å². The number of amides is 4. The fourth-order valence-electron chi connectivity index (χ4n) is 12.0. The van der Waals surface area contributed by atoms with Crippen molar-refractivity contribution in [1.29, 1.82) is 0 Å². The molecular weight excluding hydrogens is 1370 g/mol. The number of carbonyl (C=O) groups excluding carboxylic acids is 4. The topological polar surface area (TPSA) is 262 Å². The maximum atomic E-state index is 13.1. The molecule has 0 bridgehead atoms. The number of H-pyrrole nitrogens is 3. The van der Waals surface area contributed by atoms with Crippen LogP contribution in [0.1, 0.15) is 98.8 Å². The van der Waals surface area contributed by atoms with E-state index in [1.807, 2.05) is 97.9 Å². The number of nitrogens with two attached hydrogens (primary N) is 1. The third-order valence-electron chi connectivity index (χ3n) is 17.5. The second-order valence-electron chi connectivity index (χ2n) is 24.0. The Balaban J connectivity index is 0.000000141. The molecule has 0 atom stereocenters. The Morgan fingerprint density at radius 2 is 0.798 bits per heavy atom. The number of fused-ring (bicyclic) bond motifs is 5. The third kappa shape index (κ3) is 15.6. The van der Waals surface area contributed by atoms with E-state index >= 15 is 0 Å². The summed E-state index contributed by atoms with van der Waals surface area (Å²) in [5, 5.41) is 10.1. The molecule has 2 aliphatic rings. The molecule has 0 radical (unpaired) electrons. The Kier molecular flexibility index (Phi) is 20.5. The molecule has 0 aliphatic heterocycles. The quantitative estimate of drug-likeness (QED) is 0.0473. The van der Waals surface area contributed by atoms with Crippen LogP contribution < -0.4 is 47.8 Å². The molecule has 23 heteroatoms. The van der Waals surface area contributed by atoms with Gasteiger partial charge in [-0.2, -0.15) is 0 Å². The van der Waals surface area contributed by atoms with Crippen molar-refractivity contribution in [2.45, 2.75) is 65.1 Å². The molecule has 0 saturated heterocycles. The van der Waals surface area contributed by atoms with Gasteiger partial charge >= 0.3 is 0 Å². The molecule has 3 heterocycles. The molecule has 12 aromatic rings. The van der Waals surface area contributed by atoms with Crippen LogP contribution in [0.3, 0.4) is 0 Å². The Bertz CT molecular complexity index is 5590. The lowest BCUT2D eigenvalue weighted by molar-refractivity contribution is 0.0994. The van der Waals surface area contributed by atoms with Crippen LogP contribution in [0.25, 0.3) is 32.7 Å². The van der Waals surface area contributed by atoms with Crippen LogP contribution in [0.4, 0.5) is 17.1 Å². The number of primary amides is 1. The molecule has 3 aromatic heterocycles. The first-order chi connectivity index (χ1) is 47.7.